The highest BCUT2D eigenvalue weighted by Gasteiger charge is 2.54. The number of pyridine rings is 1. The summed E-state index contributed by atoms with van der Waals surface area (Å²) < 4.78 is 20.1. The zero-order valence-corrected chi connectivity index (χ0v) is 21.3. The summed E-state index contributed by atoms with van der Waals surface area (Å²) in [6, 6.07) is 5.85. The average Bonchev–Trinajstić information content (AvgIpc) is 3.25. The lowest BCUT2D eigenvalue weighted by Crippen LogP contribution is -2.63. The summed E-state index contributed by atoms with van der Waals surface area (Å²) in [6.45, 7) is 0.214. The fraction of sp³-hybridized carbons (Fsp3) is 0.280. The van der Waals surface area contributed by atoms with Crippen LogP contribution < -0.4 is 9.64 Å². The summed E-state index contributed by atoms with van der Waals surface area (Å²) in [6.07, 6.45) is 6.44. The van der Waals surface area contributed by atoms with Crippen LogP contribution in [0.15, 0.2) is 42.0 Å². The van der Waals surface area contributed by atoms with Gasteiger partial charge in [-0.05, 0) is 42.5 Å². The Kier molecular flexibility index (Phi) is 5.48. The van der Waals surface area contributed by atoms with E-state index in [0.717, 1.165) is 10.1 Å². The van der Waals surface area contributed by atoms with E-state index in [1.807, 2.05) is 17.5 Å². The average molecular weight is 541 g/mol. The number of imide groups is 1. The number of halogens is 2. The number of urea groups is 1. The van der Waals surface area contributed by atoms with Gasteiger partial charge in [0.2, 0.25) is 0 Å². The van der Waals surface area contributed by atoms with E-state index in [0.29, 0.717) is 29.0 Å². The van der Waals surface area contributed by atoms with Gasteiger partial charge in [-0.2, -0.15) is 5.26 Å². The first kappa shape index (κ1) is 23.3. The number of amides is 3. The lowest BCUT2D eigenvalue weighted by Gasteiger charge is -2.41. The first-order valence-electron chi connectivity index (χ1n) is 11.1. The van der Waals surface area contributed by atoms with Crippen molar-refractivity contribution in [3.8, 4) is 11.8 Å². The fourth-order valence-electron chi connectivity index (χ4n) is 4.66. The first-order chi connectivity index (χ1) is 17.4. The Morgan fingerprint density at radius 3 is 2.86 bits per heavy atom. The van der Waals surface area contributed by atoms with Gasteiger partial charge in [-0.1, -0.05) is 11.6 Å². The Hall–Kier alpha value is -3.13. The van der Waals surface area contributed by atoms with E-state index in [1.54, 1.807) is 11.1 Å². The van der Waals surface area contributed by atoms with Crippen LogP contribution in [0.3, 0.4) is 0 Å². The van der Waals surface area contributed by atoms with Gasteiger partial charge in [-0.3, -0.25) is 9.78 Å². The molecule has 0 bridgehead atoms. The number of hydrogen-bond acceptors (Lipinski definition) is 7. The molecule has 182 valence electrons. The van der Waals surface area contributed by atoms with Gasteiger partial charge in [0, 0.05) is 28.6 Å². The second-order valence-corrected chi connectivity index (χ2v) is 11.5. The molecule has 3 aliphatic rings. The lowest BCUT2D eigenvalue weighted by molar-refractivity contribution is -0.119. The molecule has 11 heteroatoms. The third-order valence-electron chi connectivity index (χ3n) is 6.80. The Balaban J connectivity index is 1.44. The number of hydrogen-bond donors (Lipinski definition) is 0. The SMILES string of the molecule is COc1cc(C2=CC3C(S2)C(=O)N(c2cncc4ccsc24)C(=O)N3CC2(C#N)CC2)c(Cl)cc1F. The van der Waals surface area contributed by atoms with Crippen molar-refractivity contribution < 1.29 is 18.7 Å². The third kappa shape index (κ3) is 3.57. The number of aromatic nitrogens is 1. The molecule has 0 spiro atoms. The summed E-state index contributed by atoms with van der Waals surface area (Å²) in [5, 5.41) is 12.0. The van der Waals surface area contributed by atoms with E-state index >= 15 is 0 Å². The summed E-state index contributed by atoms with van der Waals surface area (Å²) >= 11 is 9.08. The van der Waals surface area contributed by atoms with E-state index < -0.39 is 28.6 Å². The van der Waals surface area contributed by atoms with Gasteiger partial charge in [-0.25, -0.2) is 14.1 Å². The second kappa shape index (κ2) is 8.47. The van der Waals surface area contributed by atoms with Crippen LogP contribution in [0.1, 0.15) is 18.4 Å². The molecule has 6 rings (SSSR count). The Morgan fingerprint density at radius 2 is 2.14 bits per heavy atom. The predicted octanol–water partition coefficient (Wildman–Crippen LogP) is 5.69. The van der Waals surface area contributed by atoms with E-state index in [4.69, 9.17) is 16.3 Å². The van der Waals surface area contributed by atoms with Crippen molar-refractivity contribution in [2.24, 2.45) is 5.41 Å². The molecule has 3 aromatic rings. The highest BCUT2D eigenvalue weighted by atomic mass is 35.5. The molecule has 2 fully saturated rings. The van der Waals surface area contributed by atoms with Crippen molar-refractivity contribution in [2.75, 3.05) is 18.6 Å². The largest absolute Gasteiger partial charge is 0.494 e. The van der Waals surface area contributed by atoms with Crippen molar-refractivity contribution >= 4 is 67.3 Å². The fourth-order valence-corrected chi connectivity index (χ4v) is 7.19. The normalized spacial score (nSPS) is 22.4. The van der Waals surface area contributed by atoms with Crippen molar-refractivity contribution in [2.45, 2.75) is 24.1 Å². The summed E-state index contributed by atoms with van der Waals surface area (Å²) in [5.41, 5.74) is 0.333. The Labute approximate surface area is 219 Å². The van der Waals surface area contributed by atoms with Crippen LogP contribution in [-0.2, 0) is 4.79 Å². The molecule has 1 aliphatic carbocycles. The number of anilines is 1. The standard InChI is InChI=1S/C25H18ClFN4O3S2/c1-34-19-6-14(15(26)7-16(19)27)20-8-17-22(36-20)23(32)31(18-10-29-9-13-2-5-35-21(13)18)24(33)30(17)12-25(11-28)3-4-25/h2,5-10,17,22H,3-4,12H2,1H3. The van der Waals surface area contributed by atoms with E-state index in [9.17, 15) is 19.2 Å². The van der Waals surface area contributed by atoms with Gasteiger partial charge in [-0.15, -0.1) is 23.1 Å². The summed E-state index contributed by atoms with van der Waals surface area (Å²) in [5.74, 6) is -0.928. The van der Waals surface area contributed by atoms with Crippen LogP contribution >= 0.6 is 34.7 Å². The highest BCUT2D eigenvalue weighted by molar-refractivity contribution is 8.09. The quantitative estimate of drug-likeness (QED) is 0.413. The van der Waals surface area contributed by atoms with Crippen LogP contribution in [0.4, 0.5) is 14.9 Å². The number of rotatable bonds is 5. The zero-order valence-electron chi connectivity index (χ0n) is 18.9. The number of carbonyl (C=O) groups excluding carboxylic acids is 2. The van der Waals surface area contributed by atoms with Gasteiger partial charge < -0.3 is 9.64 Å². The van der Waals surface area contributed by atoms with Gasteiger partial charge in [0.15, 0.2) is 11.6 Å². The van der Waals surface area contributed by atoms with Crippen molar-refractivity contribution in [1.82, 2.24) is 9.88 Å². The molecule has 36 heavy (non-hydrogen) atoms. The maximum Gasteiger partial charge on any atom is 0.332 e. The second-order valence-electron chi connectivity index (χ2n) is 9.00. The molecule has 7 nitrogen and oxygen atoms in total. The number of methoxy groups -OCH3 is 1. The number of fused-ring (bicyclic) bond motifs is 2. The van der Waals surface area contributed by atoms with Crippen LogP contribution in [-0.4, -0.2) is 46.8 Å². The smallest absolute Gasteiger partial charge is 0.332 e. The predicted molar refractivity (Wildman–Crippen MR) is 138 cm³/mol. The van der Waals surface area contributed by atoms with Crippen LogP contribution in [0.2, 0.25) is 5.02 Å². The minimum absolute atomic E-state index is 0.0310. The molecule has 2 aromatic heterocycles. The molecule has 2 unspecified atom stereocenters. The van der Waals surface area contributed by atoms with Crippen LogP contribution in [0.25, 0.3) is 15.0 Å². The van der Waals surface area contributed by atoms with Gasteiger partial charge in [0.25, 0.3) is 5.91 Å². The summed E-state index contributed by atoms with van der Waals surface area (Å²) in [4.78, 5) is 35.4. The number of thiophene rings is 1. The van der Waals surface area contributed by atoms with Gasteiger partial charge in [0.05, 0.1) is 46.2 Å². The molecule has 2 atom stereocenters. The maximum atomic E-state index is 14.2. The number of carbonyl (C=O) groups is 2. The molecule has 1 saturated heterocycles. The third-order valence-corrected chi connectivity index (χ3v) is 9.41. The van der Waals surface area contributed by atoms with Crippen LogP contribution in [0.5, 0.6) is 5.75 Å². The van der Waals surface area contributed by atoms with Crippen molar-refractivity contribution in [1.29, 1.82) is 5.26 Å². The number of benzene rings is 1. The molecule has 2 aliphatic heterocycles. The van der Waals surface area contributed by atoms with E-state index in [1.165, 1.54) is 53.4 Å². The Bertz CT molecular complexity index is 1510. The number of thioether (sulfide) groups is 1. The minimum Gasteiger partial charge on any atom is -0.494 e. The molecule has 1 aromatic carbocycles. The maximum absolute atomic E-state index is 14.2. The monoisotopic (exact) mass is 540 g/mol. The molecule has 0 radical (unpaired) electrons. The Morgan fingerprint density at radius 1 is 1.33 bits per heavy atom. The molecule has 1 saturated carbocycles. The topological polar surface area (TPSA) is 86.5 Å². The number of nitriles is 1. The summed E-state index contributed by atoms with van der Waals surface area (Å²) in [7, 11) is 1.37. The van der Waals surface area contributed by atoms with Gasteiger partial charge in [0.1, 0.15) is 5.25 Å². The first-order valence-corrected chi connectivity index (χ1v) is 13.3. The molecular weight excluding hydrogens is 523 g/mol. The minimum atomic E-state index is -0.658. The van der Waals surface area contributed by atoms with E-state index in [-0.39, 0.29) is 23.2 Å². The van der Waals surface area contributed by atoms with Gasteiger partial charge >= 0.3 is 6.03 Å². The van der Waals surface area contributed by atoms with Crippen molar-refractivity contribution in [3.63, 3.8) is 0 Å². The molecule has 4 heterocycles. The molecular formula is C25H18ClFN4O3S2. The molecule has 0 N–H and O–H groups in total. The van der Waals surface area contributed by atoms with E-state index in [2.05, 4.69) is 11.1 Å². The molecule has 3 amide bonds. The number of ether oxygens (including phenoxy) is 1. The highest BCUT2D eigenvalue weighted by Crippen LogP contribution is 2.51. The zero-order chi connectivity index (χ0) is 25.2. The van der Waals surface area contributed by atoms with Crippen LogP contribution in [0, 0.1) is 22.6 Å². The number of nitrogens with zero attached hydrogens (tertiary/aromatic N) is 4. The lowest BCUT2D eigenvalue weighted by atomic mass is 10.0. The van der Waals surface area contributed by atoms with Crippen molar-refractivity contribution in [3.05, 3.63) is 58.5 Å².